The molecule has 0 N–H and O–H groups in total. The van der Waals surface area contributed by atoms with Crippen molar-refractivity contribution < 1.29 is 4.74 Å². The molecule has 0 saturated heterocycles. The number of ether oxygens (including phenoxy) is 1. The number of rotatable bonds is 5. The van der Waals surface area contributed by atoms with Crippen LogP contribution < -0.4 is 0 Å². The van der Waals surface area contributed by atoms with Gasteiger partial charge in [0.2, 0.25) is 0 Å². The largest absolute Gasteiger partial charge is 0.376 e. The van der Waals surface area contributed by atoms with Crippen molar-refractivity contribution >= 4 is 0 Å². The zero-order valence-corrected chi connectivity index (χ0v) is 8.15. The van der Waals surface area contributed by atoms with Gasteiger partial charge in [0, 0.05) is 6.61 Å². The molecule has 0 aromatic heterocycles. The Morgan fingerprint density at radius 2 is 1.73 bits per heavy atom. The number of hydrogen-bond donors (Lipinski definition) is 0. The predicted molar refractivity (Wildman–Crippen MR) is 49.5 cm³/mol. The lowest BCUT2D eigenvalue weighted by Gasteiger charge is -2.19. The Labute approximate surface area is 71.1 Å². The molecule has 0 unspecified atom stereocenters. The first-order valence-electron chi connectivity index (χ1n) is 4.49. The van der Waals surface area contributed by atoms with E-state index < -0.39 is 0 Å². The van der Waals surface area contributed by atoms with E-state index in [9.17, 15) is 0 Å². The monoisotopic (exact) mass is 157 g/mol. The molecule has 0 bridgehead atoms. The topological polar surface area (TPSA) is 9.23 Å². The second-order valence-corrected chi connectivity index (χ2v) is 3.88. The van der Waals surface area contributed by atoms with Crippen molar-refractivity contribution in [1.29, 1.82) is 0 Å². The minimum Gasteiger partial charge on any atom is -0.376 e. The van der Waals surface area contributed by atoms with Crippen molar-refractivity contribution in [2.45, 2.75) is 52.1 Å². The molecule has 0 aliphatic rings. The first kappa shape index (κ1) is 11.0. The smallest absolute Gasteiger partial charge is 0.0598 e. The van der Waals surface area contributed by atoms with E-state index in [1.807, 2.05) is 0 Å². The van der Waals surface area contributed by atoms with E-state index in [4.69, 9.17) is 4.74 Å². The lowest BCUT2D eigenvalue weighted by molar-refractivity contribution is -0.00468. The minimum atomic E-state index is 0.0322. The third-order valence-corrected chi connectivity index (χ3v) is 1.43. The van der Waals surface area contributed by atoms with E-state index in [1.54, 1.807) is 0 Å². The van der Waals surface area contributed by atoms with Crippen LogP contribution in [0.25, 0.3) is 0 Å². The zero-order chi connectivity index (χ0) is 8.74. The maximum absolute atomic E-state index is 5.56. The van der Waals surface area contributed by atoms with Crippen LogP contribution in [-0.2, 0) is 4.74 Å². The van der Waals surface area contributed by atoms with Crippen LogP contribution in [-0.4, -0.2) is 12.2 Å². The fraction of sp³-hybridized carbons (Fsp3) is 0.900. The van der Waals surface area contributed by atoms with Gasteiger partial charge in [-0.15, -0.1) is 0 Å². The van der Waals surface area contributed by atoms with Crippen molar-refractivity contribution in [1.82, 2.24) is 0 Å². The number of unbranched alkanes of at least 4 members (excludes halogenated alkanes) is 3. The van der Waals surface area contributed by atoms with Crippen LogP contribution >= 0.6 is 0 Å². The van der Waals surface area contributed by atoms with Crippen LogP contribution in [0.5, 0.6) is 0 Å². The molecule has 0 fully saturated rings. The number of hydrogen-bond acceptors (Lipinski definition) is 1. The standard InChI is InChI=1S/C10H21O/c1-5-6-7-8-9-11-10(2,3)4/h1,5-9H2,2-4H3. The molecule has 0 aliphatic carbocycles. The Morgan fingerprint density at radius 1 is 1.09 bits per heavy atom. The summed E-state index contributed by atoms with van der Waals surface area (Å²) in [6.07, 6.45) is 4.70. The Hall–Kier alpha value is -0.0400. The fourth-order valence-electron chi connectivity index (χ4n) is 0.834. The molecule has 0 spiro atoms. The fourth-order valence-corrected chi connectivity index (χ4v) is 0.834. The normalized spacial score (nSPS) is 12.0. The molecule has 0 amide bonds. The molecule has 67 valence electrons. The molecule has 11 heavy (non-hydrogen) atoms. The van der Waals surface area contributed by atoms with Gasteiger partial charge in [-0.05, 0) is 27.2 Å². The summed E-state index contributed by atoms with van der Waals surface area (Å²) in [6.45, 7) is 11.0. The van der Waals surface area contributed by atoms with Gasteiger partial charge in [0.1, 0.15) is 0 Å². The molecule has 1 radical (unpaired) electrons. The Morgan fingerprint density at radius 3 is 2.18 bits per heavy atom. The van der Waals surface area contributed by atoms with Gasteiger partial charge in [-0.1, -0.05) is 26.2 Å². The maximum Gasteiger partial charge on any atom is 0.0598 e. The summed E-state index contributed by atoms with van der Waals surface area (Å²) in [5.41, 5.74) is 0.0322. The molecule has 0 heterocycles. The van der Waals surface area contributed by atoms with Gasteiger partial charge in [0.05, 0.1) is 5.60 Å². The summed E-state index contributed by atoms with van der Waals surface area (Å²) in [7, 11) is 0. The van der Waals surface area contributed by atoms with Gasteiger partial charge in [-0.25, -0.2) is 0 Å². The van der Waals surface area contributed by atoms with Crippen LogP contribution in [0.4, 0.5) is 0 Å². The highest BCUT2D eigenvalue weighted by Crippen LogP contribution is 2.08. The van der Waals surface area contributed by atoms with Gasteiger partial charge in [0.15, 0.2) is 0 Å². The minimum absolute atomic E-state index is 0.0322. The van der Waals surface area contributed by atoms with Crippen LogP contribution in [0, 0.1) is 6.92 Å². The van der Waals surface area contributed by atoms with Gasteiger partial charge in [-0.3, -0.25) is 0 Å². The average molecular weight is 157 g/mol. The van der Waals surface area contributed by atoms with Crippen molar-refractivity contribution in [2.24, 2.45) is 0 Å². The third-order valence-electron chi connectivity index (χ3n) is 1.43. The quantitative estimate of drug-likeness (QED) is 0.557. The van der Waals surface area contributed by atoms with E-state index in [0.29, 0.717) is 0 Å². The SMILES string of the molecule is [CH2]CCCCCOC(C)(C)C. The molecular weight excluding hydrogens is 136 g/mol. The highest BCUT2D eigenvalue weighted by Gasteiger charge is 2.08. The summed E-state index contributed by atoms with van der Waals surface area (Å²) in [5.74, 6) is 0. The second-order valence-electron chi connectivity index (χ2n) is 3.88. The molecule has 0 rings (SSSR count). The van der Waals surface area contributed by atoms with E-state index in [0.717, 1.165) is 13.0 Å². The van der Waals surface area contributed by atoms with Gasteiger partial charge in [-0.2, -0.15) is 0 Å². The van der Waals surface area contributed by atoms with Crippen LogP contribution in [0.1, 0.15) is 46.5 Å². The van der Waals surface area contributed by atoms with Crippen LogP contribution in [0.15, 0.2) is 0 Å². The summed E-state index contributed by atoms with van der Waals surface area (Å²) in [5, 5.41) is 0. The first-order valence-corrected chi connectivity index (χ1v) is 4.49. The highest BCUT2D eigenvalue weighted by atomic mass is 16.5. The lowest BCUT2D eigenvalue weighted by Crippen LogP contribution is -2.19. The first-order chi connectivity index (χ1) is 5.06. The third kappa shape index (κ3) is 9.96. The van der Waals surface area contributed by atoms with E-state index in [-0.39, 0.29) is 5.60 Å². The Bertz CT molecular complexity index is 81.4. The maximum atomic E-state index is 5.56. The van der Waals surface area contributed by atoms with Crippen molar-refractivity contribution in [3.63, 3.8) is 0 Å². The second kappa shape index (κ2) is 5.59. The van der Waals surface area contributed by atoms with E-state index in [1.165, 1.54) is 19.3 Å². The molecule has 0 aromatic carbocycles. The van der Waals surface area contributed by atoms with Gasteiger partial charge >= 0.3 is 0 Å². The Kier molecular flexibility index (Phi) is 5.57. The van der Waals surface area contributed by atoms with Crippen molar-refractivity contribution in [3.05, 3.63) is 6.92 Å². The van der Waals surface area contributed by atoms with E-state index >= 15 is 0 Å². The van der Waals surface area contributed by atoms with Crippen LogP contribution in [0.2, 0.25) is 0 Å². The summed E-state index contributed by atoms with van der Waals surface area (Å²) in [4.78, 5) is 0. The molecule has 0 aliphatic heterocycles. The molecule has 1 nitrogen and oxygen atoms in total. The van der Waals surface area contributed by atoms with Gasteiger partial charge < -0.3 is 4.74 Å². The average Bonchev–Trinajstić information content (AvgIpc) is 1.85. The Balaban J connectivity index is 3.02. The molecule has 1 heteroatoms. The summed E-state index contributed by atoms with van der Waals surface area (Å²) < 4.78 is 5.56. The predicted octanol–water partition coefficient (Wildman–Crippen LogP) is 3.20. The highest BCUT2D eigenvalue weighted by molar-refractivity contribution is 4.58. The van der Waals surface area contributed by atoms with Crippen molar-refractivity contribution in [2.75, 3.05) is 6.61 Å². The molecular formula is C10H21O. The summed E-state index contributed by atoms with van der Waals surface area (Å²) in [6, 6.07) is 0. The van der Waals surface area contributed by atoms with Crippen LogP contribution in [0.3, 0.4) is 0 Å². The summed E-state index contributed by atoms with van der Waals surface area (Å²) >= 11 is 0. The van der Waals surface area contributed by atoms with E-state index in [2.05, 4.69) is 27.7 Å². The van der Waals surface area contributed by atoms with Gasteiger partial charge in [0.25, 0.3) is 0 Å². The zero-order valence-electron chi connectivity index (χ0n) is 8.15. The van der Waals surface area contributed by atoms with Crippen molar-refractivity contribution in [3.8, 4) is 0 Å². The molecule has 0 saturated carbocycles. The molecule has 0 aromatic rings. The molecule has 0 atom stereocenters. The lowest BCUT2D eigenvalue weighted by atomic mass is 10.2.